The van der Waals surface area contributed by atoms with Gasteiger partial charge in [0.25, 0.3) is 0 Å². The average molecular weight is 236 g/mol. The molecule has 0 atom stereocenters. The van der Waals surface area contributed by atoms with Crippen LogP contribution < -0.4 is 0 Å². The van der Waals surface area contributed by atoms with E-state index in [1.165, 1.54) is 16.7 Å². The Balaban J connectivity index is 2.38. The molecule has 18 heavy (non-hydrogen) atoms. The summed E-state index contributed by atoms with van der Waals surface area (Å²) in [6.45, 7) is 6.50. The molecule has 2 aromatic carbocycles. The van der Waals surface area contributed by atoms with Crippen molar-refractivity contribution in [2.45, 2.75) is 25.7 Å². The van der Waals surface area contributed by atoms with Gasteiger partial charge in [0.15, 0.2) is 0 Å². The first-order valence-corrected chi connectivity index (χ1v) is 6.60. The molecule has 0 bridgehead atoms. The lowest BCUT2D eigenvalue weighted by molar-refractivity contribution is 0.814. The number of benzene rings is 2. The molecule has 2 aromatic rings. The molecule has 0 heteroatoms. The second-order valence-electron chi connectivity index (χ2n) is 4.66. The van der Waals surface area contributed by atoms with Crippen LogP contribution >= 0.6 is 0 Å². The zero-order chi connectivity index (χ0) is 12.8. The van der Waals surface area contributed by atoms with Crippen molar-refractivity contribution >= 4 is 0 Å². The molecule has 0 radical (unpaired) electrons. The Bertz CT molecular complexity index is 442. The van der Waals surface area contributed by atoms with Gasteiger partial charge in [0.05, 0.1) is 0 Å². The van der Waals surface area contributed by atoms with Gasteiger partial charge < -0.3 is 0 Å². The average Bonchev–Trinajstić information content (AvgIpc) is 2.42. The number of allylic oxidation sites excluding steroid dienone is 1. The van der Waals surface area contributed by atoms with Crippen molar-refractivity contribution in [2.24, 2.45) is 0 Å². The van der Waals surface area contributed by atoms with E-state index >= 15 is 0 Å². The van der Waals surface area contributed by atoms with Crippen LogP contribution in [0.4, 0.5) is 0 Å². The minimum atomic E-state index is 0.326. The van der Waals surface area contributed by atoms with E-state index in [1.807, 2.05) is 0 Å². The molecule has 0 amide bonds. The summed E-state index contributed by atoms with van der Waals surface area (Å²) in [5, 5.41) is 0. The van der Waals surface area contributed by atoms with Crippen LogP contribution in [0.3, 0.4) is 0 Å². The molecule has 0 aliphatic carbocycles. The fraction of sp³-hybridized carbons (Fsp3) is 0.222. The molecule has 0 saturated carbocycles. The largest absolute Gasteiger partial charge is 0.0989 e. The molecule has 0 aliphatic heterocycles. The van der Waals surface area contributed by atoms with Crippen LogP contribution in [0.25, 0.3) is 0 Å². The third-order valence-electron chi connectivity index (χ3n) is 3.25. The summed E-state index contributed by atoms with van der Waals surface area (Å²) in [5.74, 6) is 0.326. The summed E-state index contributed by atoms with van der Waals surface area (Å²) in [4.78, 5) is 0. The van der Waals surface area contributed by atoms with Gasteiger partial charge in [-0.15, -0.1) is 0 Å². The molecular formula is C18H20. The summed E-state index contributed by atoms with van der Waals surface area (Å²) in [6, 6.07) is 21.3. The first-order valence-electron chi connectivity index (χ1n) is 6.60. The van der Waals surface area contributed by atoms with Crippen molar-refractivity contribution < 1.29 is 0 Å². The van der Waals surface area contributed by atoms with Crippen molar-refractivity contribution in [3.63, 3.8) is 0 Å². The van der Waals surface area contributed by atoms with Gasteiger partial charge in [-0.05, 0) is 17.5 Å². The zero-order valence-electron chi connectivity index (χ0n) is 11.0. The highest BCUT2D eigenvalue weighted by atomic mass is 14.2. The maximum absolute atomic E-state index is 4.30. The van der Waals surface area contributed by atoms with E-state index in [0.717, 1.165) is 12.8 Å². The van der Waals surface area contributed by atoms with E-state index in [2.05, 4.69) is 74.2 Å². The van der Waals surface area contributed by atoms with E-state index < -0.39 is 0 Å². The quantitative estimate of drug-likeness (QED) is 0.628. The van der Waals surface area contributed by atoms with E-state index in [1.54, 1.807) is 0 Å². The highest BCUT2D eigenvalue weighted by molar-refractivity contribution is 5.39. The van der Waals surface area contributed by atoms with Crippen LogP contribution in [-0.4, -0.2) is 0 Å². The minimum Gasteiger partial charge on any atom is -0.0989 e. The maximum atomic E-state index is 4.30. The van der Waals surface area contributed by atoms with E-state index in [9.17, 15) is 0 Å². The molecular weight excluding hydrogens is 216 g/mol. The third-order valence-corrected chi connectivity index (χ3v) is 3.25. The van der Waals surface area contributed by atoms with Crippen LogP contribution in [0.15, 0.2) is 72.8 Å². The molecule has 0 heterocycles. The Morgan fingerprint density at radius 3 is 1.72 bits per heavy atom. The zero-order valence-corrected chi connectivity index (χ0v) is 11.0. The van der Waals surface area contributed by atoms with Crippen LogP contribution in [0, 0.1) is 0 Å². The van der Waals surface area contributed by atoms with Crippen LogP contribution in [-0.2, 0) is 0 Å². The fourth-order valence-corrected chi connectivity index (χ4v) is 2.42. The normalized spacial score (nSPS) is 10.6. The van der Waals surface area contributed by atoms with Gasteiger partial charge in [-0.2, -0.15) is 0 Å². The maximum Gasteiger partial charge on any atom is 0.0296 e. The summed E-state index contributed by atoms with van der Waals surface area (Å²) < 4.78 is 0. The first-order chi connectivity index (χ1) is 8.83. The molecule has 0 unspecified atom stereocenters. The van der Waals surface area contributed by atoms with E-state index in [-0.39, 0.29) is 0 Å². The lowest BCUT2D eigenvalue weighted by atomic mass is 9.84. The lowest BCUT2D eigenvalue weighted by Gasteiger charge is -2.20. The van der Waals surface area contributed by atoms with Gasteiger partial charge >= 0.3 is 0 Å². The van der Waals surface area contributed by atoms with Crippen LogP contribution in [0.5, 0.6) is 0 Å². The molecule has 0 spiro atoms. The number of rotatable bonds is 5. The molecule has 0 aromatic heterocycles. The fourth-order valence-electron chi connectivity index (χ4n) is 2.42. The second-order valence-corrected chi connectivity index (χ2v) is 4.66. The van der Waals surface area contributed by atoms with E-state index in [0.29, 0.717) is 5.92 Å². The standard InChI is InChI=1S/C18H20/c1-3-10-15(2)18(16-11-6-4-7-12-16)17-13-8-5-9-14-17/h4-9,11-14,18H,2-3,10H2,1H3. The van der Waals surface area contributed by atoms with Gasteiger partial charge in [0.1, 0.15) is 0 Å². The van der Waals surface area contributed by atoms with Gasteiger partial charge in [-0.3, -0.25) is 0 Å². The SMILES string of the molecule is C=C(CCC)C(c1ccccc1)c1ccccc1. The van der Waals surface area contributed by atoms with Crippen molar-refractivity contribution in [3.8, 4) is 0 Å². The predicted molar refractivity (Wildman–Crippen MR) is 78.8 cm³/mol. The Morgan fingerprint density at radius 1 is 0.889 bits per heavy atom. The monoisotopic (exact) mass is 236 g/mol. The van der Waals surface area contributed by atoms with Gasteiger partial charge in [0, 0.05) is 5.92 Å². The third kappa shape index (κ3) is 2.89. The molecule has 92 valence electrons. The molecule has 0 saturated heterocycles. The predicted octanol–water partition coefficient (Wildman–Crippen LogP) is 5.17. The molecule has 0 nitrogen and oxygen atoms in total. The van der Waals surface area contributed by atoms with Crippen molar-refractivity contribution in [3.05, 3.63) is 83.9 Å². The number of hydrogen-bond acceptors (Lipinski definition) is 0. The highest BCUT2D eigenvalue weighted by Crippen LogP contribution is 2.32. The molecule has 0 N–H and O–H groups in total. The van der Waals surface area contributed by atoms with Crippen molar-refractivity contribution in [2.75, 3.05) is 0 Å². The minimum absolute atomic E-state index is 0.326. The van der Waals surface area contributed by atoms with Crippen LogP contribution in [0.1, 0.15) is 36.8 Å². The van der Waals surface area contributed by atoms with Crippen molar-refractivity contribution in [1.82, 2.24) is 0 Å². The summed E-state index contributed by atoms with van der Waals surface area (Å²) in [7, 11) is 0. The summed E-state index contributed by atoms with van der Waals surface area (Å²) in [6.07, 6.45) is 2.23. The van der Waals surface area contributed by atoms with Gasteiger partial charge in [-0.25, -0.2) is 0 Å². The van der Waals surface area contributed by atoms with Gasteiger partial charge in [-0.1, -0.05) is 86.2 Å². The first kappa shape index (κ1) is 12.6. The summed E-state index contributed by atoms with van der Waals surface area (Å²) >= 11 is 0. The summed E-state index contributed by atoms with van der Waals surface area (Å²) in [5.41, 5.74) is 3.97. The highest BCUT2D eigenvalue weighted by Gasteiger charge is 2.16. The topological polar surface area (TPSA) is 0 Å². The molecule has 0 aliphatic rings. The van der Waals surface area contributed by atoms with Crippen LogP contribution in [0.2, 0.25) is 0 Å². The molecule has 2 rings (SSSR count). The number of hydrogen-bond donors (Lipinski definition) is 0. The smallest absolute Gasteiger partial charge is 0.0296 e. The van der Waals surface area contributed by atoms with E-state index in [4.69, 9.17) is 0 Å². The Hall–Kier alpha value is -1.82. The Labute approximate surface area is 110 Å². The Kier molecular flexibility index (Phi) is 4.35. The Morgan fingerprint density at radius 2 is 1.33 bits per heavy atom. The molecule has 0 fully saturated rings. The lowest BCUT2D eigenvalue weighted by Crippen LogP contribution is -2.03. The van der Waals surface area contributed by atoms with Crippen molar-refractivity contribution in [1.29, 1.82) is 0 Å². The van der Waals surface area contributed by atoms with Gasteiger partial charge in [0.2, 0.25) is 0 Å². The second kappa shape index (κ2) is 6.20.